The average Bonchev–Trinajstić information content (AvgIpc) is 2.90. The summed E-state index contributed by atoms with van der Waals surface area (Å²) in [5.74, 6) is 0.310. The Labute approximate surface area is 143 Å². The first-order valence-electron chi connectivity index (χ1n) is 7.11. The normalized spacial score (nSPS) is 12.3. The maximum atomic E-state index is 12.2. The van der Waals surface area contributed by atoms with Crippen molar-refractivity contribution in [3.63, 3.8) is 0 Å². The topological polar surface area (TPSA) is 70.9 Å². The van der Waals surface area contributed by atoms with E-state index < -0.39 is 6.04 Å². The van der Waals surface area contributed by atoms with Gasteiger partial charge in [-0.1, -0.05) is 41.4 Å². The van der Waals surface area contributed by atoms with E-state index in [1.165, 1.54) is 0 Å². The largest absolute Gasteiger partial charge is 0.341 e. The van der Waals surface area contributed by atoms with Gasteiger partial charge in [-0.3, -0.25) is 4.79 Å². The number of aromatic amines is 1. The molecule has 1 atom stereocenters. The number of fused-ring (bicyclic) bond motifs is 1. The second-order valence-corrected chi connectivity index (χ2v) is 6.15. The second kappa shape index (κ2) is 6.62. The van der Waals surface area contributed by atoms with Crippen molar-refractivity contribution in [1.29, 1.82) is 0 Å². The van der Waals surface area contributed by atoms with Crippen LogP contribution in [0.15, 0.2) is 48.5 Å². The van der Waals surface area contributed by atoms with Crippen LogP contribution in [0.5, 0.6) is 0 Å². The van der Waals surface area contributed by atoms with Gasteiger partial charge in [-0.25, -0.2) is 0 Å². The number of nitrogens with two attached hydrogens (primary N) is 1. The first-order valence-corrected chi connectivity index (χ1v) is 7.86. The highest BCUT2D eigenvalue weighted by Gasteiger charge is 2.16. The number of carbonyl (C=O) groups is 1. The number of halogens is 2. The Balaban J connectivity index is 1.71. The maximum Gasteiger partial charge on any atom is 0.242 e. The Morgan fingerprint density at radius 3 is 2.74 bits per heavy atom. The molecular formula is C17H15Cl2N3O. The van der Waals surface area contributed by atoms with Gasteiger partial charge in [0.1, 0.15) is 5.82 Å². The van der Waals surface area contributed by atoms with Crippen molar-refractivity contribution >= 4 is 45.8 Å². The Hall–Kier alpha value is -2.01. The van der Waals surface area contributed by atoms with E-state index in [1.807, 2.05) is 36.4 Å². The SMILES string of the molecule is N[C@@H](Cc1ccccc1Cl)C(=O)Nc1cc2cc(Cl)ccc2[nH]1. The summed E-state index contributed by atoms with van der Waals surface area (Å²) in [7, 11) is 0. The van der Waals surface area contributed by atoms with Gasteiger partial charge in [0.15, 0.2) is 0 Å². The minimum absolute atomic E-state index is 0.275. The molecule has 0 aliphatic heterocycles. The van der Waals surface area contributed by atoms with Crippen LogP contribution in [-0.4, -0.2) is 16.9 Å². The van der Waals surface area contributed by atoms with Crippen LogP contribution < -0.4 is 11.1 Å². The van der Waals surface area contributed by atoms with Gasteiger partial charge in [0.25, 0.3) is 0 Å². The molecule has 0 aliphatic rings. The zero-order valence-electron chi connectivity index (χ0n) is 12.1. The van der Waals surface area contributed by atoms with E-state index >= 15 is 0 Å². The van der Waals surface area contributed by atoms with Gasteiger partial charge >= 0.3 is 0 Å². The number of rotatable bonds is 4. The molecule has 118 valence electrons. The molecule has 3 aromatic rings. The summed E-state index contributed by atoms with van der Waals surface area (Å²) in [5, 5.41) is 4.96. The van der Waals surface area contributed by atoms with Gasteiger partial charge in [-0.05, 0) is 42.3 Å². The summed E-state index contributed by atoms with van der Waals surface area (Å²) in [5.41, 5.74) is 7.72. The molecule has 0 spiro atoms. The fourth-order valence-corrected chi connectivity index (χ4v) is 2.78. The van der Waals surface area contributed by atoms with Gasteiger partial charge in [-0.15, -0.1) is 0 Å². The molecule has 0 saturated carbocycles. The molecule has 0 bridgehead atoms. The molecular weight excluding hydrogens is 333 g/mol. The number of H-pyrrole nitrogens is 1. The molecule has 0 saturated heterocycles. The molecule has 0 aliphatic carbocycles. The number of aromatic nitrogens is 1. The van der Waals surface area contributed by atoms with Crippen LogP contribution >= 0.6 is 23.2 Å². The molecule has 2 aromatic carbocycles. The third-order valence-electron chi connectivity index (χ3n) is 3.58. The number of amides is 1. The smallest absolute Gasteiger partial charge is 0.242 e. The molecule has 0 unspecified atom stereocenters. The minimum atomic E-state index is -0.690. The van der Waals surface area contributed by atoms with Crippen LogP contribution in [0.3, 0.4) is 0 Å². The summed E-state index contributed by atoms with van der Waals surface area (Å²) < 4.78 is 0. The van der Waals surface area contributed by atoms with Crippen LogP contribution in [0.1, 0.15) is 5.56 Å². The maximum absolute atomic E-state index is 12.2. The predicted molar refractivity (Wildman–Crippen MR) is 95.1 cm³/mol. The van der Waals surface area contributed by atoms with Crippen LogP contribution in [-0.2, 0) is 11.2 Å². The summed E-state index contributed by atoms with van der Waals surface area (Å²) in [4.78, 5) is 15.4. The van der Waals surface area contributed by atoms with Gasteiger partial charge in [0.2, 0.25) is 5.91 Å². The Morgan fingerprint density at radius 2 is 1.96 bits per heavy atom. The van der Waals surface area contributed by atoms with Crippen molar-refractivity contribution in [2.75, 3.05) is 5.32 Å². The summed E-state index contributed by atoms with van der Waals surface area (Å²) in [6, 6.07) is 14.0. The molecule has 1 aromatic heterocycles. The van der Waals surface area contributed by atoms with Gasteiger partial charge in [0.05, 0.1) is 6.04 Å². The number of hydrogen-bond donors (Lipinski definition) is 3. The highest BCUT2D eigenvalue weighted by molar-refractivity contribution is 6.31. The molecule has 3 rings (SSSR count). The van der Waals surface area contributed by atoms with Crippen molar-refractivity contribution in [1.82, 2.24) is 4.98 Å². The first kappa shape index (κ1) is 15.9. The molecule has 1 heterocycles. The fraction of sp³-hybridized carbons (Fsp3) is 0.118. The lowest BCUT2D eigenvalue weighted by molar-refractivity contribution is -0.117. The molecule has 4 nitrogen and oxygen atoms in total. The Kier molecular flexibility index (Phi) is 4.57. The van der Waals surface area contributed by atoms with Crippen molar-refractivity contribution in [2.45, 2.75) is 12.5 Å². The van der Waals surface area contributed by atoms with Crippen molar-refractivity contribution in [3.8, 4) is 0 Å². The van der Waals surface area contributed by atoms with Gasteiger partial charge in [-0.2, -0.15) is 0 Å². The molecule has 4 N–H and O–H groups in total. The van der Waals surface area contributed by atoms with E-state index in [1.54, 1.807) is 12.1 Å². The van der Waals surface area contributed by atoms with E-state index in [-0.39, 0.29) is 5.91 Å². The van der Waals surface area contributed by atoms with Crippen LogP contribution in [0.2, 0.25) is 10.0 Å². The van der Waals surface area contributed by atoms with Gasteiger partial charge in [0, 0.05) is 20.9 Å². The summed E-state index contributed by atoms with van der Waals surface area (Å²) >= 11 is 12.1. The second-order valence-electron chi connectivity index (χ2n) is 5.31. The average molecular weight is 348 g/mol. The number of benzene rings is 2. The van der Waals surface area contributed by atoms with Crippen molar-refractivity contribution in [2.24, 2.45) is 5.73 Å². The standard InChI is InChI=1S/C17H15Cl2N3O/c18-12-5-6-15-11(7-12)9-16(21-15)22-17(23)14(20)8-10-3-1-2-4-13(10)19/h1-7,9,14,21H,8,20H2,(H,22,23)/t14-/m0/s1. The lowest BCUT2D eigenvalue weighted by Crippen LogP contribution is -2.37. The van der Waals surface area contributed by atoms with E-state index in [4.69, 9.17) is 28.9 Å². The van der Waals surface area contributed by atoms with Crippen LogP contribution in [0.4, 0.5) is 5.82 Å². The van der Waals surface area contributed by atoms with E-state index in [2.05, 4.69) is 10.3 Å². The first-order chi connectivity index (χ1) is 11.0. The third kappa shape index (κ3) is 3.67. The molecule has 1 amide bonds. The summed E-state index contributed by atoms with van der Waals surface area (Å²) in [6.45, 7) is 0. The van der Waals surface area contributed by atoms with Crippen molar-refractivity contribution in [3.05, 3.63) is 64.1 Å². The number of anilines is 1. The van der Waals surface area contributed by atoms with E-state index in [0.717, 1.165) is 16.5 Å². The lowest BCUT2D eigenvalue weighted by atomic mass is 10.1. The highest BCUT2D eigenvalue weighted by atomic mass is 35.5. The molecule has 0 fully saturated rings. The zero-order valence-corrected chi connectivity index (χ0v) is 13.7. The lowest BCUT2D eigenvalue weighted by Gasteiger charge is -2.12. The van der Waals surface area contributed by atoms with Crippen LogP contribution in [0, 0.1) is 0 Å². The van der Waals surface area contributed by atoms with Gasteiger partial charge < -0.3 is 16.0 Å². The summed E-state index contributed by atoms with van der Waals surface area (Å²) in [6.07, 6.45) is 0.373. The Morgan fingerprint density at radius 1 is 1.17 bits per heavy atom. The molecule has 0 radical (unpaired) electrons. The number of carbonyl (C=O) groups excluding carboxylic acids is 1. The monoisotopic (exact) mass is 347 g/mol. The fourth-order valence-electron chi connectivity index (χ4n) is 2.39. The zero-order chi connectivity index (χ0) is 16.4. The van der Waals surface area contributed by atoms with Crippen LogP contribution in [0.25, 0.3) is 10.9 Å². The highest BCUT2D eigenvalue weighted by Crippen LogP contribution is 2.22. The van der Waals surface area contributed by atoms with E-state index in [0.29, 0.717) is 22.3 Å². The molecule has 23 heavy (non-hydrogen) atoms. The quantitative estimate of drug-likeness (QED) is 0.667. The number of nitrogens with one attached hydrogen (secondary N) is 2. The number of hydrogen-bond acceptors (Lipinski definition) is 2. The minimum Gasteiger partial charge on any atom is -0.341 e. The van der Waals surface area contributed by atoms with Crippen molar-refractivity contribution < 1.29 is 4.79 Å². The third-order valence-corrected chi connectivity index (χ3v) is 4.18. The Bertz CT molecular complexity index is 860. The molecule has 6 heteroatoms. The predicted octanol–water partition coefficient (Wildman–Crippen LogP) is 3.98. The van der Waals surface area contributed by atoms with E-state index in [9.17, 15) is 4.79 Å².